The van der Waals surface area contributed by atoms with Gasteiger partial charge in [0, 0.05) is 28.8 Å². The van der Waals surface area contributed by atoms with Crippen molar-refractivity contribution in [3.05, 3.63) is 34.9 Å². The van der Waals surface area contributed by atoms with Gasteiger partial charge in [0.25, 0.3) is 0 Å². The Balaban J connectivity index is 2.57. The maximum atomic E-state index is 11.5. The van der Waals surface area contributed by atoms with Crippen LogP contribution in [0.15, 0.2) is 34.1 Å². The van der Waals surface area contributed by atoms with Crippen LogP contribution in [0.2, 0.25) is 0 Å². The van der Waals surface area contributed by atoms with Gasteiger partial charge < -0.3 is 0 Å². The minimum atomic E-state index is -0.134. The molecule has 0 radical (unpaired) electrons. The average Bonchev–Trinajstić information content (AvgIpc) is 2.24. The molecule has 0 bridgehead atoms. The Hall–Kier alpha value is -1.29. The van der Waals surface area contributed by atoms with Crippen LogP contribution < -0.4 is 5.69 Å². The number of rotatable bonds is 0. The van der Waals surface area contributed by atoms with Crippen LogP contribution >= 0.6 is 11.8 Å². The molecule has 0 saturated heterocycles. The smallest absolute Gasteiger partial charge is 0.290 e. The van der Waals surface area contributed by atoms with E-state index in [2.05, 4.69) is 11.1 Å². The van der Waals surface area contributed by atoms with Gasteiger partial charge in [-0.2, -0.15) is 0 Å². The Morgan fingerprint density at radius 3 is 3.29 bits per heavy atom. The third-order valence-corrected chi connectivity index (χ3v) is 3.44. The maximum absolute atomic E-state index is 11.5. The molecule has 2 heterocycles. The standard InChI is InChI=1S/C10H8N2OS/c13-10-11-6-7-2-1-3-8-9(7)12(10)4-5-14-8/h1-3,6H,4-5H2. The monoisotopic (exact) mass is 204 g/mol. The molecule has 4 heteroatoms. The maximum Gasteiger partial charge on any atom is 0.348 e. The van der Waals surface area contributed by atoms with Gasteiger partial charge in [0.1, 0.15) is 0 Å². The van der Waals surface area contributed by atoms with Crippen molar-refractivity contribution in [2.24, 2.45) is 0 Å². The highest BCUT2D eigenvalue weighted by molar-refractivity contribution is 7.99. The summed E-state index contributed by atoms with van der Waals surface area (Å²) in [6.07, 6.45) is 1.66. The largest absolute Gasteiger partial charge is 0.348 e. The predicted molar refractivity (Wildman–Crippen MR) is 56.7 cm³/mol. The van der Waals surface area contributed by atoms with Crippen molar-refractivity contribution in [1.82, 2.24) is 9.55 Å². The zero-order valence-corrected chi connectivity index (χ0v) is 8.25. The summed E-state index contributed by atoms with van der Waals surface area (Å²) in [5.74, 6) is 0.956. The topological polar surface area (TPSA) is 34.9 Å². The van der Waals surface area contributed by atoms with E-state index in [0.717, 1.165) is 23.2 Å². The molecule has 3 rings (SSSR count). The lowest BCUT2D eigenvalue weighted by Crippen LogP contribution is -2.25. The molecule has 1 aliphatic rings. The highest BCUT2D eigenvalue weighted by atomic mass is 32.2. The molecule has 1 aliphatic heterocycles. The fourth-order valence-electron chi connectivity index (χ4n) is 1.79. The van der Waals surface area contributed by atoms with Crippen molar-refractivity contribution < 1.29 is 0 Å². The van der Waals surface area contributed by atoms with E-state index in [1.54, 1.807) is 22.5 Å². The van der Waals surface area contributed by atoms with Crippen LogP contribution in [0.25, 0.3) is 10.9 Å². The summed E-state index contributed by atoms with van der Waals surface area (Å²) in [4.78, 5) is 16.5. The number of hydrogen-bond acceptors (Lipinski definition) is 3. The number of benzene rings is 1. The fraction of sp³-hybridized carbons (Fsp3) is 0.200. The second-order valence-electron chi connectivity index (χ2n) is 3.23. The van der Waals surface area contributed by atoms with Crippen LogP contribution in [0.4, 0.5) is 0 Å². The Labute approximate surface area is 84.8 Å². The van der Waals surface area contributed by atoms with Gasteiger partial charge in [-0.1, -0.05) is 12.1 Å². The molecule has 0 fully saturated rings. The quantitative estimate of drug-likeness (QED) is 0.652. The van der Waals surface area contributed by atoms with Gasteiger partial charge >= 0.3 is 5.69 Å². The van der Waals surface area contributed by atoms with Gasteiger partial charge in [-0.15, -0.1) is 11.8 Å². The molecular weight excluding hydrogens is 196 g/mol. The molecule has 0 atom stereocenters. The lowest BCUT2D eigenvalue weighted by Gasteiger charge is -2.17. The van der Waals surface area contributed by atoms with Gasteiger partial charge in [0.15, 0.2) is 0 Å². The Bertz CT molecular complexity index is 562. The van der Waals surface area contributed by atoms with Gasteiger partial charge in [-0.25, -0.2) is 9.78 Å². The molecule has 0 aliphatic carbocycles. The molecule has 0 N–H and O–H groups in total. The van der Waals surface area contributed by atoms with Crippen molar-refractivity contribution in [1.29, 1.82) is 0 Å². The van der Waals surface area contributed by atoms with Crippen molar-refractivity contribution in [2.45, 2.75) is 11.4 Å². The number of hydrogen-bond donors (Lipinski definition) is 0. The SMILES string of the molecule is O=c1ncc2cccc3c2n1CCS3. The number of nitrogens with zero attached hydrogens (tertiary/aromatic N) is 2. The summed E-state index contributed by atoms with van der Waals surface area (Å²) in [5, 5.41) is 1.05. The second-order valence-corrected chi connectivity index (χ2v) is 4.37. The Kier molecular flexibility index (Phi) is 1.64. The van der Waals surface area contributed by atoms with E-state index < -0.39 is 0 Å². The van der Waals surface area contributed by atoms with Gasteiger partial charge in [-0.05, 0) is 6.07 Å². The molecular formula is C10H8N2OS. The van der Waals surface area contributed by atoms with Crippen molar-refractivity contribution in [3.8, 4) is 0 Å². The summed E-state index contributed by atoms with van der Waals surface area (Å²) in [5.41, 5.74) is 0.911. The van der Waals surface area contributed by atoms with E-state index in [-0.39, 0.29) is 5.69 Å². The summed E-state index contributed by atoms with van der Waals surface area (Å²) >= 11 is 1.80. The first-order valence-corrected chi connectivity index (χ1v) is 5.46. The third-order valence-electron chi connectivity index (χ3n) is 2.42. The van der Waals surface area contributed by atoms with Crippen LogP contribution in [0, 0.1) is 0 Å². The lowest BCUT2D eigenvalue weighted by atomic mass is 10.2. The van der Waals surface area contributed by atoms with E-state index in [1.807, 2.05) is 12.1 Å². The normalized spacial score (nSPS) is 14.6. The minimum absolute atomic E-state index is 0.134. The summed E-state index contributed by atoms with van der Waals surface area (Å²) in [7, 11) is 0. The summed E-state index contributed by atoms with van der Waals surface area (Å²) < 4.78 is 1.77. The number of aryl methyl sites for hydroxylation is 1. The van der Waals surface area contributed by atoms with Crippen molar-refractivity contribution >= 4 is 22.7 Å². The summed E-state index contributed by atoms with van der Waals surface area (Å²) in [6.45, 7) is 0.769. The molecule has 14 heavy (non-hydrogen) atoms. The van der Waals surface area contributed by atoms with Gasteiger partial charge in [-0.3, -0.25) is 4.57 Å². The number of para-hydroxylation sites is 1. The lowest BCUT2D eigenvalue weighted by molar-refractivity contribution is 0.726. The zero-order chi connectivity index (χ0) is 9.54. The number of thioether (sulfide) groups is 1. The molecule has 0 saturated carbocycles. The molecule has 0 spiro atoms. The van der Waals surface area contributed by atoms with Crippen molar-refractivity contribution in [3.63, 3.8) is 0 Å². The van der Waals surface area contributed by atoms with Crippen LogP contribution in [0.1, 0.15) is 0 Å². The second kappa shape index (κ2) is 2.85. The Morgan fingerprint density at radius 1 is 1.43 bits per heavy atom. The molecule has 1 aromatic heterocycles. The minimum Gasteiger partial charge on any atom is -0.290 e. The third kappa shape index (κ3) is 1.00. The van der Waals surface area contributed by atoms with E-state index in [1.165, 1.54) is 4.90 Å². The van der Waals surface area contributed by atoms with E-state index in [0.29, 0.717) is 0 Å². The van der Waals surface area contributed by atoms with E-state index in [4.69, 9.17) is 0 Å². The van der Waals surface area contributed by atoms with Crippen LogP contribution in [-0.2, 0) is 6.54 Å². The molecule has 0 unspecified atom stereocenters. The van der Waals surface area contributed by atoms with Gasteiger partial charge in [0.2, 0.25) is 0 Å². The highest BCUT2D eigenvalue weighted by Gasteiger charge is 2.13. The van der Waals surface area contributed by atoms with E-state index in [9.17, 15) is 4.79 Å². The first-order chi connectivity index (χ1) is 6.86. The van der Waals surface area contributed by atoms with E-state index >= 15 is 0 Å². The van der Waals surface area contributed by atoms with Crippen molar-refractivity contribution in [2.75, 3.05) is 5.75 Å². The summed E-state index contributed by atoms with van der Waals surface area (Å²) in [6, 6.07) is 6.06. The highest BCUT2D eigenvalue weighted by Crippen LogP contribution is 2.30. The first kappa shape index (κ1) is 8.05. The average molecular weight is 204 g/mol. The molecule has 70 valence electrons. The molecule has 0 amide bonds. The fourth-order valence-corrected chi connectivity index (χ4v) is 2.83. The Morgan fingerprint density at radius 2 is 2.36 bits per heavy atom. The molecule has 1 aromatic carbocycles. The van der Waals surface area contributed by atoms with Crippen LogP contribution in [0.3, 0.4) is 0 Å². The van der Waals surface area contributed by atoms with Crippen LogP contribution in [0.5, 0.6) is 0 Å². The molecule has 3 nitrogen and oxygen atoms in total. The van der Waals surface area contributed by atoms with Gasteiger partial charge in [0.05, 0.1) is 5.52 Å². The molecule has 2 aromatic rings. The number of aromatic nitrogens is 2. The zero-order valence-electron chi connectivity index (χ0n) is 7.43. The van der Waals surface area contributed by atoms with Crippen LogP contribution in [-0.4, -0.2) is 15.3 Å². The predicted octanol–water partition coefficient (Wildman–Crippen LogP) is 1.50. The first-order valence-electron chi connectivity index (χ1n) is 4.47.